The number of hydrogen-bond donors (Lipinski definition) is 1. The summed E-state index contributed by atoms with van der Waals surface area (Å²) in [5.74, 6) is -0.407. The quantitative estimate of drug-likeness (QED) is 0.877. The van der Waals surface area contributed by atoms with E-state index in [9.17, 15) is 4.39 Å². The Morgan fingerprint density at radius 1 is 1.33 bits per heavy atom. The topological polar surface area (TPSA) is 53.6 Å². The van der Waals surface area contributed by atoms with Crippen LogP contribution in [0.1, 0.15) is 44.0 Å². The van der Waals surface area contributed by atoms with Crippen molar-refractivity contribution in [2.75, 3.05) is 5.32 Å². The van der Waals surface area contributed by atoms with Gasteiger partial charge in [0.15, 0.2) is 0 Å². The van der Waals surface area contributed by atoms with Crippen LogP contribution in [0.5, 0.6) is 0 Å². The summed E-state index contributed by atoms with van der Waals surface area (Å²) in [6.07, 6.45) is 4.06. The van der Waals surface area contributed by atoms with Crippen LogP contribution in [0.15, 0.2) is 30.5 Å². The van der Waals surface area contributed by atoms with Crippen LogP contribution in [0.2, 0.25) is 0 Å². The maximum atomic E-state index is 13.1. The van der Waals surface area contributed by atoms with Crippen LogP contribution in [0.4, 0.5) is 10.1 Å². The second-order valence-electron chi connectivity index (χ2n) is 4.91. The van der Waals surface area contributed by atoms with Crippen molar-refractivity contribution in [1.29, 1.82) is 5.26 Å². The minimum absolute atomic E-state index is 0.300. The zero-order chi connectivity index (χ0) is 15.2. The van der Waals surface area contributed by atoms with Crippen molar-refractivity contribution in [3.63, 3.8) is 0 Å². The number of halogens is 1. The molecule has 1 heterocycles. The van der Waals surface area contributed by atoms with Crippen molar-refractivity contribution >= 4 is 5.69 Å². The lowest BCUT2D eigenvalue weighted by Gasteiger charge is -2.12. The molecule has 4 nitrogen and oxygen atoms in total. The van der Waals surface area contributed by atoms with Gasteiger partial charge < -0.3 is 5.32 Å². The van der Waals surface area contributed by atoms with Gasteiger partial charge in [-0.1, -0.05) is 13.8 Å². The maximum absolute atomic E-state index is 13.1. The third kappa shape index (κ3) is 3.60. The number of aromatic nitrogens is 2. The second kappa shape index (κ2) is 6.89. The fourth-order valence-corrected chi connectivity index (χ4v) is 2.29. The molecular formula is C16H19FN4. The van der Waals surface area contributed by atoms with Crippen molar-refractivity contribution in [3.05, 3.63) is 47.5 Å². The minimum atomic E-state index is -0.407. The van der Waals surface area contributed by atoms with Gasteiger partial charge in [-0.3, -0.25) is 4.68 Å². The van der Waals surface area contributed by atoms with Gasteiger partial charge in [0.1, 0.15) is 11.9 Å². The van der Waals surface area contributed by atoms with E-state index in [0.717, 1.165) is 18.5 Å². The van der Waals surface area contributed by atoms with E-state index in [1.54, 1.807) is 6.07 Å². The number of rotatable bonds is 6. The van der Waals surface area contributed by atoms with E-state index in [4.69, 9.17) is 5.26 Å². The molecule has 2 aromatic rings. The van der Waals surface area contributed by atoms with Gasteiger partial charge in [0.25, 0.3) is 0 Å². The molecule has 21 heavy (non-hydrogen) atoms. The van der Waals surface area contributed by atoms with Crippen LogP contribution in [0.25, 0.3) is 0 Å². The molecule has 0 fully saturated rings. The molecule has 1 N–H and O–H groups in total. The van der Waals surface area contributed by atoms with E-state index in [0.29, 0.717) is 23.8 Å². The number of nitriles is 1. The molecule has 2 rings (SSSR count). The molecule has 0 aliphatic carbocycles. The second-order valence-corrected chi connectivity index (χ2v) is 4.91. The summed E-state index contributed by atoms with van der Waals surface area (Å²) in [4.78, 5) is 0. The monoisotopic (exact) mass is 286 g/mol. The number of nitrogens with one attached hydrogen (secondary N) is 1. The number of benzene rings is 1. The molecule has 5 heteroatoms. The molecule has 0 atom stereocenters. The predicted molar refractivity (Wildman–Crippen MR) is 80.3 cm³/mol. The zero-order valence-electron chi connectivity index (χ0n) is 12.3. The van der Waals surface area contributed by atoms with E-state index in [1.807, 2.05) is 23.0 Å². The van der Waals surface area contributed by atoms with Crippen molar-refractivity contribution in [2.24, 2.45) is 0 Å². The van der Waals surface area contributed by atoms with Crippen molar-refractivity contribution in [1.82, 2.24) is 9.78 Å². The Kier molecular flexibility index (Phi) is 4.94. The first-order chi connectivity index (χ1) is 10.2. The first kappa shape index (κ1) is 15.0. The molecule has 0 radical (unpaired) electrons. The molecule has 110 valence electrons. The molecule has 1 aromatic heterocycles. The lowest BCUT2D eigenvalue weighted by Crippen LogP contribution is -2.09. The normalized spacial score (nSPS) is 10.6. The van der Waals surface area contributed by atoms with E-state index in [1.165, 1.54) is 12.1 Å². The summed E-state index contributed by atoms with van der Waals surface area (Å²) in [6, 6.07) is 8.50. The van der Waals surface area contributed by atoms with Crippen LogP contribution in [0.3, 0.4) is 0 Å². The van der Waals surface area contributed by atoms with Crippen molar-refractivity contribution < 1.29 is 4.39 Å². The van der Waals surface area contributed by atoms with Gasteiger partial charge in [-0.25, -0.2) is 4.39 Å². The van der Waals surface area contributed by atoms with E-state index in [-0.39, 0.29) is 0 Å². The molecule has 0 unspecified atom stereocenters. The summed E-state index contributed by atoms with van der Waals surface area (Å²) in [5, 5.41) is 16.7. The van der Waals surface area contributed by atoms with Crippen molar-refractivity contribution in [2.45, 2.75) is 39.3 Å². The molecule has 1 aromatic carbocycles. The first-order valence-corrected chi connectivity index (χ1v) is 7.15. The Hall–Kier alpha value is -2.35. The fraction of sp³-hybridized carbons (Fsp3) is 0.375. The smallest absolute Gasteiger partial charge is 0.124 e. The van der Waals surface area contributed by atoms with Gasteiger partial charge in [0.05, 0.1) is 29.5 Å². The largest absolute Gasteiger partial charge is 0.378 e. The number of hydrogen-bond acceptors (Lipinski definition) is 3. The van der Waals surface area contributed by atoms with Gasteiger partial charge in [0.2, 0.25) is 0 Å². The van der Waals surface area contributed by atoms with Crippen LogP contribution < -0.4 is 5.32 Å². The molecule has 0 amide bonds. The van der Waals surface area contributed by atoms with Gasteiger partial charge in [-0.2, -0.15) is 10.4 Å². The standard InChI is InChI=1S/C16H19FN4/c1-3-15(4-2)21-8-7-14(20-21)11-19-16-6-5-13(17)9-12(16)10-18/h5-9,15,19H,3-4,11H2,1-2H3. The Morgan fingerprint density at radius 2 is 2.10 bits per heavy atom. The Morgan fingerprint density at radius 3 is 2.76 bits per heavy atom. The Bertz CT molecular complexity index is 638. The fourth-order valence-electron chi connectivity index (χ4n) is 2.29. The maximum Gasteiger partial charge on any atom is 0.124 e. The van der Waals surface area contributed by atoms with Gasteiger partial charge >= 0.3 is 0 Å². The average molecular weight is 286 g/mol. The Labute approximate surface area is 124 Å². The highest BCUT2D eigenvalue weighted by molar-refractivity contribution is 5.57. The zero-order valence-corrected chi connectivity index (χ0v) is 12.3. The highest BCUT2D eigenvalue weighted by atomic mass is 19.1. The van der Waals surface area contributed by atoms with Crippen LogP contribution in [-0.4, -0.2) is 9.78 Å². The highest BCUT2D eigenvalue weighted by Gasteiger charge is 2.08. The van der Waals surface area contributed by atoms with E-state index >= 15 is 0 Å². The van der Waals surface area contributed by atoms with E-state index in [2.05, 4.69) is 24.3 Å². The highest BCUT2D eigenvalue weighted by Crippen LogP contribution is 2.18. The summed E-state index contributed by atoms with van der Waals surface area (Å²) in [5.41, 5.74) is 1.82. The lowest BCUT2D eigenvalue weighted by atomic mass is 10.2. The lowest BCUT2D eigenvalue weighted by molar-refractivity contribution is 0.426. The molecule has 0 aliphatic rings. The first-order valence-electron chi connectivity index (χ1n) is 7.15. The Balaban J connectivity index is 2.06. The summed E-state index contributed by atoms with van der Waals surface area (Å²) < 4.78 is 15.1. The van der Waals surface area contributed by atoms with Crippen molar-refractivity contribution in [3.8, 4) is 6.07 Å². The minimum Gasteiger partial charge on any atom is -0.378 e. The third-order valence-corrected chi connectivity index (χ3v) is 3.54. The van der Waals surface area contributed by atoms with Gasteiger partial charge in [-0.05, 0) is 37.1 Å². The SMILES string of the molecule is CCC(CC)n1ccc(CNc2ccc(F)cc2C#N)n1. The van der Waals surface area contributed by atoms with Crippen LogP contribution in [-0.2, 0) is 6.54 Å². The molecule has 0 bridgehead atoms. The van der Waals surface area contributed by atoms with E-state index < -0.39 is 5.82 Å². The summed E-state index contributed by atoms with van der Waals surface area (Å²) >= 11 is 0. The molecule has 0 saturated heterocycles. The number of anilines is 1. The average Bonchev–Trinajstić information content (AvgIpc) is 2.96. The van der Waals surface area contributed by atoms with Gasteiger partial charge in [0, 0.05) is 6.20 Å². The van der Waals surface area contributed by atoms with Gasteiger partial charge in [-0.15, -0.1) is 0 Å². The molecule has 0 aliphatic heterocycles. The third-order valence-electron chi connectivity index (χ3n) is 3.54. The predicted octanol–water partition coefficient (Wildman–Crippen LogP) is 3.87. The van der Waals surface area contributed by atoms with Crippen LogP contribution >= 0.6 is 0 Å². The summed E-state index contributed by atoms with van der Waals surface area (Å²) in [6.45, 7) is 4.80. The summed E-state index contributed by atoms with van der Waals surface area (Å²) in [7, 11) is 0. The molecule has 0 saturated carbocycles. The molecular weight excluding hydrogens is 267 g/mol. The number of nitrogens with zero attached hydrogens (tertiary/aromatic N) is 3. The molecule has 0 spiro atoms. The van der Waals surface area contributed by atoms with Crippen LogP contribution in [0, 0.1) is 17.1 Å².